The van der Waals surface area contributed by atoms with Gasteiger partial charge in [0.25, 0.3) is 5.91 Å². The van der Waals surface area contributed by atoms with Crippen LogP contribution < -0.4 is 5.32 Å². The van der Waals surface area contributed by atoms with Crippen molar-refractivity contribution in [2.75, 3.05) is 6.61 Å². The molecule has 24 heavy (non-hydrogen) atoms. The number of carbonyl (C=O) groups is 2. The molecular formula is C17H20F3NO3. The van der Waals surface area contributed by atoms with Gasteiger partial charge in [0.15, 0.2) is 6.61 Å². The first-order valence-electron chi connectivity index (χ1n) is 7.41. The van der Waals surface area contributed by atoms with Crippen molar-refractivity contribution >= 4 is 18.0 Å². The minimum absolute atomic E-state index is 0.0427. The number of carbonyl (C=O) groups excluding carboxylic acids is 2. The lowest BCUT2D eigenvalue weighted by atomic mass is 10.1. The molecule has 0 bridgehead atoms. The molecular weight excluding hydrogens is 323 g/mol. The number of rotatable bonds is 6. The number of alkyl halides is 3. The third-order valence-electron chi connectivity index (χ3n) is 3.38. The molecule has 0 aliphatic rings. The molecule has 0 saturated heterocycles. The van der Waals surface area contributed by atoms with E-state index in [0.717, 1.165) is 18.2 Å². The number of nitrogens with one attached hydrogen (secondary N) is 1. The van der Waals surface area contributed by atoms with Gasteiger partial charge in [0, 0.05) is 12.1 Å². The van der Waals surface area contributed by atoms with E-state index in [2.05, 4.69) is 5.32 Å². The first kappa shape index (κ1) is 19.7. The van der Waals surface area contributed by atoms with Crippen LogP contribution in [0.4, 0.5) is 13.2 Å². The van der Waals surface area contributed by atoms with Gasteiger partial charge in [0.2, 0.25) is 0 Å². The predicted molar refractivity (Wildman–Crippen MR) is 83.9 cm³/mol. The first-order valence-corrected chi connectivity index (χ1v) is 7.41. The van der Waals surface area contributed by atoms with Gasteiger partial charge in [0.05, 0.1) is 5.56 Å². The Morgan fingerprint density at radius 1 is 1.17 bits per heavy atom. The fraction of sp³-hybridized carbons (Fsp3) is 0.412. The smallest absolute Gasteiger partial charge is 0.416 e. The molecule has 4 nitrogen and oxygen atoms in total. The molecule has 0 aliphatic heterocycles. The number of esters is 1. The highest BCUT2D eigenvalue weighted by Crippen LogP contribution is 2.29. The Balaban J connectivity index is 2.47. The normalized spacial score (nSPS) is 13.1. The van der Waals surface area contributed by atoms with Crippen molar-refractivity contribution in [3.8, 4) is 0 Å². The van der Waals surface area contributed by atoms with Crippen LogP contribution in [0, 0.1) is 5.92 Å². The highest BCUT2D eigenvalue weighted by Gasteiger charge is 2.29. The van der Waals surface area contributed by atoms with Crippen molar-refractivity contribution in [3.63, 3.8) is 0 Å². The third-order valence-corrected chi connectivity index (χ3v) is 3.38. The molecule has 0 radical (unpaired) electrons. The van der Waals surface area contributed by atoms with Gasteiger partial charge in [-0.05, 0) is 36.6 Å². The Kier molecular flexibility index (Phi) is 7.00. The van der Waals surface area contributed by atoms with Crippen LogP contribution in [0.2, 0.25) is 0 Å². The summed E-state index contributed by atoms with van der Waals surface area (Å²) in [5, 5.41) is 2.68. The monoisotopic (exact) mass is 343 g/mol. The molecule has 1 rings (SSSR count). The largest absolute Gasteiger partial charge is 0.452 e. The minimum Gasteiger partial charge on any atom is -0.452 e. The molecule has 1 atom stereocenters. The Morgan fingerprint density at radius 3 is 2.25 bits per heavy atom. The molecule has 0 saturated carbocycles. The van der Waals surface area contributed by atoms with E-state index in [-0.39, 0.29) is 12.0 Å². The highest BCUT2D eigenvalue weighted by atomic mass is 19.4. The van der Waals surface area contributed by atoms with Gasteiger partial charge in [0.1, 0.15) is 0 Å². The predicted octanol–water partition coefficient (Wildman–Crippen LogP) is 3.42. The van der Waals surface area contributed by atoms with E-state index in [9.17, 15) is 22.8 Å². The number of ether oxygens (including phenoxy) is 1. The maximum Gasteiger partial charge on any atom is 0.416 e. The van der Waals surface area contributed by atoms with E-state index in [1.165, 1.54) is 18.2 Å². The molecule has 1 amide bonds. The fourth-order valence-electron chi connectivity index (χ4n) is 1.59. The maximum absolute atomic E-state index is 12.4. The summed E-state index contributed by atoms with van der Waals surface area (Å²) in [6, 6.07) is 4.28. The summed E-state index contributed by atoms with van der Waals surface area (Å²) >= 11 is 0. The lowest BCUT2D eigenvalue weighted by Gasteiger charge is -2.16. The van der Waals surface area contributed by atoms with E-state index in [1.807, 2.05) is 20.8 Å². The van der Waals surface area contributed by atoms with Crippen molar-refractivity contribution in [1.29, 1.82) is 0 Å². The molecule has 0 aliphatic carbocycles. The summed E-state index contributed by atoms with van der Waals surface area (Å²) in [5.41, 5.74) is -0.351. The van der Waals surface area contributed by atoms with Gasteiger partial charge in [-0.1, -0.05) is 26.0 Å². The molecule has 1 aromatic rings. The van der Waals surface area contributed by atoms with Crippen LogP contribution in [0.3, 0.4) is 0 Å². The van der Waals surface area contributed by atoms with Crippen LogP contribution >= 0.6 is 0 Å². The van der Waals surface area contributed by atoms with E-state index >= 15 is 0 Å². The zero-order chi connectivity index (χ0) is 18.3. The zero-order valence-corrected chi connectivity index (χ0v) is 13.7. The summed E-state index contributed by atoms with van der Waals surface area (Å²) in [7, 11) is 0. The maximum atomic E-state index is 12.4. The number of halogens is 3. The number of hydrogen-bond donors (Lipinski definition) is 1. The summed E-state index contributed by atoms with van der Waals surface area (Å²) < 4.78 is 42.0. The van der Waals surface area contributed by atoms with Crippen molar-refractivity contribution in [2.45, 2.75) is 33.0 Å². The lowest BCUT2D eigenvalue weighted by Crippen LogP contribution is -2.38. The van der Waals surface area contributed by atoms with Gasteiger partial charge in [-0.2, -0.15) is 13.2 Å². The van der Waals surface area contributed by atoms with Crippen LogP contribution in [0.25, 0.3) is 6.08 Å². The highest BCUT2D eigenvalue weighted by molar-refractivity contribution is 5.89. The molecule has 0 aromatic heterocycles. The molecule has 0 spiro atoms. The van der Waals surface area contributed by atoms with E-state index in [0.29, 0.717) is 5.56 Å². The second-order valence-corrected chi connectivity index (χ2v) is 5.66. The van der Waals surface area contributed by atoms with Crippen LogP contribution in [0.1, 0.15) is 31.9 Å². The van der Waals surface area contributed by atoms with Crippen molar-refractivity contribution in [1.82, 2.24) is 5.32 Å². The number of amides is 1. The number of hydrogen-bond acceptors (Lipinski definition) is 3. The fourth-order valence-corrected chi connectivity index (χ4v) is 1.59. The lowest BCUT2D eigenvalue weighted by molar-refractivity contribution is -0.144. The molecule has 0 unspecified atom stereocenters. The van der Waals surface area contributed by atoms with Gasteiger partial charge in [-0.25, -0.2) is 4.79 Å². The van der Waals surface area contributed by atoms with Crippen molar-refractivity contribution < 1.29 is 27.5 Å². The Labute approximate surface area is 138 Å². The average Bonchev–Trinajstić information content (AvgIpc) is 2.50. The van der Waals surface area contributed by atoms with Crippen LogP contribution in [-0.4, -0.2) is 24.5 Å². The van der Waals surface area contributed by atoms with E-state index in [4.69, 9.17) is 4.74 Å². The summed E-state index contributed by atoms with van der Waals surface area (Å²) in [4.78, 5) is 23.0. The summed E-state index contributed by atoms with van der Waals surface area (Å²) in [6.07, 6.45) is -2.03. The van der Waals surface area contributed by atoms with E-state index in [1.54, 1.807) is 0 Å². The molecule has 7 heteroatoms. The summed E-state index contributed by atoms with van der Waals surface area (Å²) in [6.45, 7) is 5.33. The van der Waals surface area contributed by atoms with Gasteiger partial charge < -0.3 is 10.1 Å². The Hall–Kier alpha value is -2.31. The first-order chi connectivity index (χ1) is 11.1. The third kappa shape index (κ3) is 6.85. The van der Waals surface area contributed by atoms with E-state index < -0.39 is 30.2 Å². The Morgan fingerprint density at radius 2 is 1.75 bits per heavy atom. The van der Waals surface area contributed by atoms with Crippen molar-refractivity contribution in [2.24, 2.45) is 5.92 Å². The number of benzene rings is 1. The molecule has 132 valence electrons. The second-order valence-electron chi connectivity index (χ2n) is 5.66. The van der Waals surface area contributed by atoms with Gasteiger partial charge in [-0.3, -0.25) is 4.79 Å². The second kappa shape index (κ2) is 8.52. The van der Waals surface area contributed by atoms with Gasteiger partial charge >= 0.3 is 12.1 Å². The average molecular weight is 343 g/mol. The quantitative estimate of drug-likeness (QED) is 0.636. The van der Waals surface area contributed by atoms with Crippen LogP contribution in [0.15, 0.2) is 30.3 Å². The van der Waals surface area contributed by atoms with Gasteiger partial charge in [-0.15, -0.1) is 0 Å². The topological polar surface area (TPSA) is 55.4 Å². The molecule has 0 fully saturated rings. The molecule has 1 N–H and O–H groups in total. The SMILES string of the molecule is CC(C)[C@H](C)NC(=O)COC(=O)/C=C/c1ccc(C(F)(F)F)cc1. The molecule has 0 heterocycles. The minimum atomic E-state index is -4.40. The van der Waals surface area contributed by atoms with Crippen molar-refractivity contribution in [3.05, 3.63) is 41.5 Å². The Bertz CT molecular complexity index is 592. The summed E-state index contributed by atoms with van der Waals surface area (Å²) in [5.74, 6) is -0.904. The van der Waals surface area contributed by atoms with Crippen LogP contribution in [-0.2, 0) is 20.5 Å². The zero-order valence-electron chi connectivity index (χ0n) is 13.7. The molecule has 1 aromatic carbocycles. The van der Waals surface area contributed by atoms with Crippen LogP contribution in [0.5, 0.6) is 0 Å². The standard InChI is InChI=1S/C17H20F3NO3/c1-11(2)12(3)21-15(22)10-24-16(23)9-6-13-4-7-14(8-5-13)17(18,19)20/h4-9,11-12H,10H2,1-3H3,(H,21,22)/b9-6+/t12-/m0/s1.